The Morgan fingerprint density at radius 3 is 3.15 bits per heavy atom. The number of rotatable bonds is 2. The van der Waals surface area contributed by atoms with Gasteiger partial charge in [-0.05, 0) is 22.8 Å². The molecule has 0 saturated heterocycles. The molecule has 0 aliphatic carbocycles. The summed E-state index contributed by atoms with van der Waals surface area (Å²) in [5.74, 6) is -0.401. The molecule has 0 aliphatic heterocycles. The summed E-state index contributed by atoms with van der Waals surface area (Å²) in [5.41, 5.74) is 7.88. The topological polar surface area (TPSA) is 91.9 Å². The fourth-order valence-electron chi connectivity index (χ4n) is 0.576. The van der Waals surface area contributed by atoms with Crippen molar-refractivity contribution in [3.8, 4) is 0 Å². The molecule has 66 valence electrons. The van der Waals surface area contributed by atoms with Gasteiger partial charge in [0, 0.05) is 11.0 Å². The summed E-state index contributed by atoms with van der Waals surface area (Å²) in [7, 11) is 0. The van der Waals surface area contributed by atoms with Gasteiger partial charge in [-0.25, -0.2) is 0 Å². The van der Waals surface area contributed by atoms with E-state index in [1.54, 1.807) is 0 Å². The van der Waals surface area contributed by atoms with Gasteiger partial charge in [0.1, 0.15) is 0 Å². The average molecular weight is 199 g/mol. The number of aromatic nitrogens is 1. The van der Waals surface area contributed by atoms with E-state index in [0.717, 1.165) is 6.08 Å². The molecule has 0 radical (unpaired) electrons. The van der Waals surface area contributed by atoms with Gasteiger partial charge < -0.3 is 4.52 Å². The summed E-state index contributed by atoms with van der Waals surface area (Å²) in [5, 5.41) is 6.36. The molecule has 7 heteroatoms. The first kappa shape index (κ1) is 9.31. The first-order valence-corrected chi connectivity index (χ1v) is 3.49. The normalized spacial score (nSPS) is 9.92. The van der Waals surface area contributed by atoms with Crippen molar-refractivity contribution >= 4 is 23.6 Å². The zero-order chi connectivity index (χ0) is 9.68. The number of carbonyl (C=O) groups is 1. The minimum atomic E-state index is -0.713. The summed E-state index contributed by atoms with van der Waals surface area (Å²) < 4.78 is 4.64. The second-order valence-corrected chi connectivity index (χ2v) is 2.30. The lowest BCUT2D eigenvalue weighted by atomic mass is 10.4. The molecular weight excluding hydrogens is 196 g/mol. The van der Waals surface area contributed by atoms with Crippen molar-refractivity contribution < 1.29 is 9.32 Å². The van der Waals surface area contributed by atoms with Gasteiger partial charge in [0.25, 0.3) is 0 Å². The van der Waals surface area contributed by atoms with E-state index in [0.29, 0.717) is 5.76 Å². The van der Waals surface area contributed by atoms with Crippen molar-refractivity contribution in [3.63, 3.8) is 0 Å². The predicted octanol–water partition coefficient (Wildman–Crippen LogP) is 2.18. The minimum absolute atomic E-state index is 0.191. The monoisotopic (exact) mass is 198 g/mol. The molecule has 0 spiro atoms. The van der Waals surface area contributed by atoms with Crippen LogP contribution in [0.15, 0.2) is 21.8 Å². The Labute approximate surface area is 77.4 Å². The lowest BCUT2D eigenvalue weighted by Crippen LogP contribution is -1.81. The van der Waals surface area contributed by atoms with Crippen molar-refractivity contribution in [2.24, 2.45) is 5.11 Å². The van der Waals surface area contributed by atoms with Crippen molar-refractivity contribution in [2.45, 2.75) is 0 Å². The van der Waals surface area contributed by atoms with Gasteiger partial charge in [-0.15, -0.1) is 0 Å². The van der Waals surface area contributed by atoms with E-state index >= 15 is 0 Å². The molecular formula is C6H3ClN4O2. The van der Waals surface area contributed by atoms with E-state index in [1.165, 1.54) is 12.1 Å². The summed E-state index contributed by atoms with van der Waals surface area (Å²) >= 11 is 5.43. The van der Waals surface area contributed by atoms with Crippen LogP contribution in [-0.2, 0) is 4.79 Å². The first-order valence-electron chi connectivity index (χ1n) is 3.12. The van der Waals surface area contributed by atoms with Gasteiger partial charge in [-0.2, -0.15) is 0 Å². The summed E-state index contributed by atoms with van der Waals surface area (Å²) in [4.78, 5) is 12.9. The Morgan fingerprint density at radius 1 is 1.85 bits per heavy atom. The number of halogens is 1. The molecule has 1 amide bonds. The van der Waals surface area contributed by atoms with Crippen LogP contribution in [0.4, 0.5) is 0 Å². The lowest BCUT2D eigenvalue weighted by Gasteiger charge is -1.78. The van der Waals surface area contributed by atoms with Gasteiger partial charge in [0.2, 0.25) is 5.91 Å². The van der Waals surface area contributed by atoms with Crippen LogP contribution < -0.4 is 0 Å². The van der Waals surface area contributed by atoms with Crippen LogP contribution in [0.3, 0.4) is 0 Å². The van der Waals surface area contributed by atoms with Gasteiger partial charge in [-0.3, -0.25) is 4.79 Å². The molecule has 0 unspecified atom stereocenters. The number of carbonyl (C=O) groups excluding carboxylic acids is 1. The van der Waals surface area contributed by atoms with Crippen LogP contribution in [0.25, 0.3) is 16.5 Å². The van der Waals surface area contributed by atoms with Gasteiger partial charge in [0.15, 0.2) is 10.9 Å². The summed E-state index contributed by atoms with van der Waals surface area (Å²) in [6.45, 7) is 0. The van der Waals surface area contributed by atoms with Crippen molar-refractivity contribution in [3.05, 3.63) is 33.5 Å². The van der Waals surface area contributed by atoms with E-state index in [4.69, 9.17) is 17.1 Å². The van der Waals surface area contributed by atoms with E-state index in [9.17, 15) is 4.79 Å². The molecule has 13 heavy (non-hydrogen) atoms. The molecule has 6 nitrogen and oxygen atoms in total. The Kier molecular flexibility index (Phi) is 3.08. The second kappa shape index (κ2) is 4.30. The maximum atomic E-state index is 10.6. The maximum Gasteiger partial charge on any atom is 0.242 e. The van der Waals surface area contributed by atoms with E-state index < -0.39 is 5.91 Å². The van der Waals surface area contributed by atoms with Crippen LogP contribution in [0.2, 0.25) is 5.15 Å². The van der Waals surface area contributed by atoms with Crippen molar-refractivity contribution in [1.29, 1.82) is 0 Å². The Morgan fingerprint density at radius 2 is 2.62 bits per heavy atom. The smallest absolute Gasteiger partial charge is 0.242 e. The van der Waals surface area contributed by atoms with E-state index in [-0.39, 0.29) is 5.15 Å². The van der Waals surface area contributed by atoms with E-state index in [1.807, 2.05) is 0 Å². The highest BCUT2D eigenvalue weighted by Crippen LogP contribution is 2.09. The molecule has 0 saturated carbocycles. The SMILES string of the molecule is [N-]=[N+]=NC(=O)C=Cc1cc(Cl)no1. The fraction of sp³-hybridized carbons (Fsp3) is 0. The Balaban J connectivity index is 2.68. The third-order valence-corrected chi connectivity index (χ3v) is 1.21. The largest absolute Gasteiger partial charge is 0.355 e. The third kappa shape index (κ3) is 2.98. The highest BCUT2D eigenvalue weighted by Gasteiger charge is 1.97. The molecule has 1 aromatic heterocycles. The molecule has 0 N–H and O–H groups in total. The molecule has 0 aromatic carbocycles. The number of nitrogens with zero attached hydrogens (tertiary/aromatic N) is 4. The highest BCUT2D eigenvalue weighted by molar-refractivity contribution is 6.29. The maximum absolute atomic E-state index is 10.6. The zero-order valence-electron chi connectivity index (χ0n) is 6.22. The fourth-order valence-corrected chi connectivity index (χ4v) is 0.718. The van der Waals surface area contributed by atoms with Crippen LogP contribution in [0, 0.1) is 0 Å². The average Bonchev–Trinajstić information content (AvgIpc) is 2.49. The van der Waals surface area contributed by atoms with Crippen molar-refractivity contribution in [1.82, 2.24) is 5.16 Å². The minimum Gasteiger partial charge on any atom is -0.355 e. The predicted molar refractivity (Wildman–Crippen MR) is 44.7 cm³/mol. The van der Waals surface area contributed by atoms with Crippen LogP contribution in [-0.4, -0.2) is 11.1 Å². The molecule has 0 aliphatic rings. The molecule has 0 bridgehead atoms. The molecule has 0 fully saturated rings. The number of hydrogen-bond acceptors (Lipinski definition) is 3. The van der Waals surface area contributed by atoms with Crippen LogP contribution in [0.5, 0.6) is 0 Å². The second-order valence-electron chi connectivity index (χ2n) is 1.91. The van der Waals surface area contributed by atoms with Gasteiger partial charge in [-0.1, -0.05) is 16.8 Å². The molecule has 1 heterocycles. The van der Waals surface area contributed by atoms with Crippen LogP contribution >= 0.6 is 11.6 Å². The number of amides is 1. The number of hydrogen-bond donors (Lipinski definition) is 0. The molecule has 1 aromatic rings. The zero-order valence-corrected chi connectivity index (χ0v) is 6.97. The van der Waals surface area contributed by atoms with Crippen LogP contribution in [0.1, 0.15) is 5.76 Å². The first-order chi connectivity index (χ1) is 6.22. The third-order valence-electron chi connectivity index (χ3n) is 1.03. The van der Waals surface area contributed by atoms with E-state index in [2.05, 4.69) is 19.7 Å². The Hall–Kier alpha value is -1.78. The molecule has 0 atom stereocenters. The Bertz CT molecular complexity index is 391. The summed E-state index contributed by atoms with van der Waals surface area (Å²) in [6, 6.07) is 1.42. The highest BCUT2D eigenvalue weighted by atomic mass is 35.5. The van der Waals surface area contributed by atoms with Gasteiger partial charge in [0.05, 0.1) is 0 Å². The standard InChI is InChI=1S/C6H3ClN4O2/c7-5-3-4(13-10-5)1-2-6(12)9-11-8/h1-3H. The quantitative estimate of drug-likeness (QED) is 0.316. The van der Waals surface area contributed by atoms with Gasteiger partial charge >= 0.3 is 0 Å². The summed E-state index contributed by atoms with van der Waals surface area (Å²) in [6.07, 6.45) is 2.35. The molecule has 1 rings (SSSR count). The lowest BCUT2D eigenvalue weighted by molar-refractivity contribution is -0.113. The number of azide groups is 1. The van der Waals surface area contributed by atoms with Crippen molar-refractivity contribution in [2.75, 3.05) is 0 Å².